The molecule has 1 aromatic carbocycles. The Morgan fingerprint density at radius 1 is 1.15 bits per heavy atom. The van der Waals surface area contributed by atoms with Gasteiger partial charge < -0.3 is 14.8 Å². The number of fused-ring (bicyclic) bond motifs is 1. The van der Waals surface area contributed by atoms with Crippen molar-refractivity contribution in [3.8, 4) is 0 Å². The lowest BCUT2D eigenvalue weighted by Crippen LogP contribution is -2.51. The molecule has 2 amide bonds. The largest absolute Gasteiger partial charge is 0.358 e. The van der Waals surface area contributed by atoms with Crippen molar-refractivity contribution in [1.82, 2.24) is 14.8 Å². The first-order valence-electron chi connectivity index (χ1n) is 8.90. The summed E-state index contributed by atoms with van der Waals surface area (Å²) in [5.41, 5.74) is 4.00. The maximum absolute atomic E-state index is 13.1. The number of benzene rings is 1. The molecule has 138 valence electrons. The van der Waals surface area contributed by atoms with E-state index in [0.717, 1.165) is 41.2 Å². The van der Waals surface area contributed by atoms with Gasteiger partial charge in [-0.15, -0.1) is 11.8 Å². The van der Waals surface area contributed by atoms with Crippen molar-refractivity contribution in [3.05, 3.63) is 35.0 Å². The van der Waals surface area contributed by atoms with E-state index in [1.54, 1.807) is 16.7 Å². The molecule has 0 aliphatic carbocycles. The number of aromatic amines is 1. The van der Waals surface area contributed by atoms with Crippen molar-refractivity contribution in [2.24, 2.45) is 0 Å². The quantitative estimate of drug-likeness (QED) is 0.858. The Hall–Kier alpha value is -1.60. The highest BCUT2D eigenvalue weighted by molar-refractivity contribution is 7.99. The predicted octanol–water partition coefficient (Wildman–Crippen LogP) is 2.88. The lowest BCUT2D eigenvalue weighted by atomic mass is 10.1. The van der Waals surface area contributed by atoms with Crippen LogP contribution in [-0.4, -0.2) is 68.9 Å². The Morgan fingerprint density at radius 2 is 1.92 bits per heavy atom. The molecule has 2 saturated heterocycles. The van der Waals surface area contributed by atoms with Gasteiger partial charge in [-0.05, 0) is 37.6 Å². The number of H-pyrrole nitrogens is 1. The Morgan fingerprint density at radius 3 is 2.69 bits per heavy atom. The molecule has 0 saturated carbocycles. The SMILES string of the molecule is Cc1[nH]c2ccc(C(=O)N3CSCC3C(=O)N3CCSCC3)cc2c1C. The van der Waals surface area contributed by atoms with Crippen LogP contribution in [0.1, 0.15) is 21.6 Å². The number of hydrogen-bond donors (Lipinski definition) is 1. The second kappa shape index (κ2) is 7.19. The van der Waals surface area contributed by atoms with Crippen LogP contribution in [0, 0.1) is 13.8 Å². The summed E-state index contributed by atoms with van der Waals surface area (Å²) < 4.78 is 0. The van der Waals surface area contributed by atoms with E-state index in [2.05, 4.69) is 11.9 Å². The third-order valence-corrected chi connectivity index (χ3v) is 7.26. The van der Waals surface area contributed by atoms with Crippen LogP contribution in [-0.2, 0) is 4.79 Å². The number of amides is 2. The molecule has 2 aliphatic heterocycles. The number of hydrogen-bond acceptors (Lipinski definition) is 4. The molecule has 0 bridgehead atoms. The van der Waals surface area contributed by atoms with Gasteiger partial charge in [0.25, 0.3) is 5.91 Å². The first-order chi connectivity index (χ1) is 12.6. The number of aromatic nitrogens is 1. The highest BCUT2D eigenvalue weighted by atomic mass is 32.2. The molecule has 1 atom stereocenters. The van der Waals surface area contributed by atoms with Gasteiger partial charge in [0, 0.05) is 52.5 Å². The smallest absolute Gasteiger partial charge is 0.255 e. The number of rotatable bonds is 2. The summed E-state index contributed by atoms with van der Waals surface area (Å²) in [6, 6.07) is 5.45. The number of thioether (sulfide) groups is 2. The molecular weight excluding hydrogens is 366 g/mol. The molecule has 0 radical (unpaired) electrons. The molecule has 7 heteroatoms. The Kier molecular flexibility index (Phi) is 4.92. The fourth-order valence-electron chi connectivity index (χ4n) is 3.60. The van der Waals surface area contributed by atoms with E-state index in [0.29, 0.717) is 17.2 Å². The minimum absolute atomic E-state index is 0.0418. The average molecular weight is 390 g/mol. The molecule has 2 aliphatic rings. The number of carbonyl (C=O) groups is 2. The summed E-state index contributed by atoms with van der Waals surface area (Å²) in [7, 11) is 0. The molecule has 1 unspecified atom stereocenters. The molecule has 1 aromatic heterocycles. The van der Waals surface area contributed by atoms with Crippen molar-refractivity contribution in [3.63, 3.8) is 0 Å². The van der Waals surface area contributed by atoms with E-state index in [1.807, 2.05) is 41.8 Å². The molecule has 26 heavy (non-hydrogen) atoms. The van der Waals surface area contributed by atoms with E-state index in [1.165, 1.54) is 5.56 Å². The van der Waals surface area contributed by atoms with Gasteiger partial charge in [0.05, 0.1) is 5.88 Å². The summed E-state index contributed by atoms with van der Waals surface area (Å²) in [4.78, 5) is 33.1. The average Bonchev–Trinajstić information content (AvgIpc) is 3.26. The van der Waals surface area contributed by atoms with Crippen LogP contribution in [0.4, 0.5) is 0 Å². The van der Waals surface area contributed by atoms with Gasteiger partial charge in [-0.25, -0.2) is 0 Å². The fraction of sp³-hybridized carbons (Fsp3) is 0.474. The van der Waals surface area contributed by atoms with E-state index in [4.69, 9.17) is 0 Å². The summed E-state index contributed by atoms with van der Waals surface area (Å²) >= 11 is 3.55. The van der Waals surface area contributed by atoms with Crippen LogP contribution in [0.5, 0.6) is 0 Å². The Labute approximate surface area is 161 Å². The summed E-state index contributed by atoms with van der Waals surface area (Å²) in [6.45, 7) is 5.69. The monoisotopic (exact) mass is 389 g/mol. The maximum Gasteiger partial charge on any atom is 0.255 e. The zero-order valence-corrected chi connectivity index (χ0v) is 16.7. The van der Waals surface area contributed by atoms with Crippen molar-refractivity contribution >= 4 is 46.2 Å². The second-order valence-corrected chi connectivity index (χ2v) is 9.09. The van der Waals surface area contributed by atoms with Crippen LogP contribution in [0.25, 0.3) is 10.9 Å². The van der Waals surface area contributed by atoms with Crippen molar-refractivity contribution in [2.75, 3.05) is 36.2 Å². The van der Waals surface area contributed by atoms with Crippen LogP contribution >= 0.6 is 23.5 Å². The molecular formula is C19H23N3O2S2. The summed E-state index contributed by atoms with van der Waals surface area (Å²) in [5, 5.41) is 1.08. The van der Waals surface area contributed by atoms with Crippen LogP contribution in [0.15, 0.2) is 18.2 Å². The fourth-order valence-corrected chi connectivity index (χ4v) is 5.65. The van der Waals surface area contributed by atoms with Crippen LogP contribution in [0.3, 0.4) is 0 Å². The van der Waals surface area contributed by atoms with Gasteiger partial charge in [-0.1, -0.05) is 0 Å². The Bertz CT molecular complexity index is 858. The highest BCUT2D eigenvalue weighted by Crippen LogP contribution is 2.28. The maximum atomic E-state index is 13.1. The Balaban J connectivity index is 1.58. The molecule has 2 fully saturated rings. The lowest BCUT2D eigenvalue weighted by Gasteiger charge is -2.32. The van der Waals surface area contributed by atoms with Crippen molar-refractivity contribution in [2.45, 2.75) is 19.9 Å². The van der Waals surface area contributed by atoms with E-state index >= 15 is 0 Å². The predicted molar refractivity (Wildman–Crippen MR) is 109 cm³/mol. The molecule has 5 nitrogen and oxygen atoms in total. The van der Waals surface area contributed by atoms with Gasteiger partial charge >= 0.3 is 0 Å². The second-order valence-electron chi connectivity index (χ2n) is 6.86. The van der Waals surface area contributed by atoms with Gasteiger partial charge in [0.2, 0.25) is 5.91 Å². The van der Waals surface area contributed by atoms with Crippen LogP contribution < -0.4 is 0 Å². The minimum atomic E-state index is -0.333. The van der Waals surface area contributed by atoms with Gasteiger partial charge in [0.1, 0.15) is 6.04 Å². The third-order valence-electron chi connectivity index (χ3n) is 5.31. The zero-order chi connectivity index (χ0) is 18.3. The first-order valence-corrected chi connectivity index (χ1v) is 11.2. The summed E-state index contributed by atoms with van der Waals surface area (Å²) in [5.74, 6) is 3.32. The zero-order valence-electron chi connectivity index (χ0n) is 15.1. The van der Waals surface area contributed by atoms with E-state index < -0.39 is 0 Å². The standard InChI is InChI=1S/C19H23N3O2S2/c1-12-13(2)20-16-4-3-14(9-15(12)16)18(23)22-11-26-10-17(22)19(24)21-5-7-25-8-6-21/h3-4,9,17,20H,5-8,10-11H2,1-2H3. The van der Waals surface area contributed by atoms with Gasteiger partial charge in [-0.3, -0.25) is 9.59 Å². The van der Waals surface area contributed by atoms with E-state index in [-0.39, 0.29) is 17.9 Å². The summed E-state index contributed by atoms with van der Waals surface area (Å²) in [6.07, 6.45) is 0. The van der Waals surface area contributed by atoms with Gasteiger partial charge in [-0.2, -0.15) is 11.8 Å². The topological polar surface area (TPSA) is 56.4 Å². The number of aryl methyl sites for hydroxylation is 2. The molecule has 4 rings (SSSR count). The minimum Gasteiger partial charge on any atom is -0.358 e. The molecule has 3 heterocycles. The van der Waals surface area contributed by atoms with Crippen LogP contribution in [0.2, 0.25) is 0 Å². The number of nitrogens with one attached hydrogen (secondary N) is 1. The van der Waals surface area contributed by atoms with Gasteiger partial charge in [0.15, 0.2) is 0 Å². The lowest BCUT2D eigenvalue weighted by molar-refractivity contribution is -0.134. The van der Waals surface area contributed by atoms with Crippen molar-refractivity contribution in [1.29, 1.82) is 0 Å². The van der Waals surface area contributed by atoms with Crippen molar-refractivity contribution < 1.29 is 9.59 Å². The normalized spacial score (nSPS) is 20.8. The first kappa shape index (κ1) is 17.8. The van der Waals surface area contributed by atoms with E-state index in [9.17, 15) is 9.59 Å². The third kappa shape index (κ3) is 3.11. The molecule has 1 N–H and O–H groups in total. The molecule has 2 aromatic rings. The number of nitrogens with zero attached hydrogens (tertiary/aromatic N) is 2. The molecule has 0 spiro atoms. The number of carbonyl (C=O) groups excluding carboxylic acids is 2. The highest BCUT2D eigenvalue weighted by Gasteiger charge is 2.37.